The van der Waals surface area contributed by atoms with Crippen LogP contribution in [0.15, 0.2) is 216 Å². The average molecular weight is 785 g/mol. The van der Waals surface area contributed by atoms with Crippen molar-refractivity contribution < 1.29 is 0 Å². The maximum absolute atomic E-state index is 5.74. The van der Waals surface area contributed by atoms with Crippen molar-refractivity contribution in [2.45, 2.75) is 31.8 Å². The maximum atomic E-state index is 5.74. The molecular formula is C57H44N4. The van der Waals surface area contributed by atoms with E-state index in [0.717, 1.165) is 40.6 Å². The summed E-state index contributed by atoms with van der Waals surface area (Å²) >= 11 is 0. The van der Waals surface area contributed by atoms with E-state index in [0.29, 0.717) is 5.92 Å². The van der Waals surface area contributed by atoms with Crippen molar-refractivity contribution in [3.63, 3.8) is 0 Å². The van der Waals surface area contributed by atoms with Crippen molar-refractivity contribution >= 4 is 39.5 Å². The van der Waals surface area contributed by atoms with Gasteiger partial charge in [-0.1, -0.05) is 172 Å². The van der Waals surface area contributed by atoms with E-state index in [1.54, 1.807) is 0 Å². The molecule has 0 radical (unpaired) electrons. The molecule has 4 aliphatic rings. The Balaban J connectivity index is 1.20. The molecule has 4 heteroatoms. The molecule has 2 unspecified atom stereocenters. The largest absolute Gasteiger partial charge is 0.317 e. The predicted molar refractivity (Wildman–Crippen MR) is 253 cm³/mol. The number of rotatable bonds is 6. The first kappa shape index (κ1) is 35.6. The highest BCUT2D eigenvalue weighted by Gasteiger charge is 2.55. The normalized spacial score (nSPS) is 19.1. The number of allylic oxidation sites excluding steroid dienone is 4. The summed E-state index contributed by atoms with van der Waals surface area (Å²) in [4.78, 5) is 13.6. The molecule has 1 aromatic heterocycles. The average Bonchev–Trinajstić information content (AvgIpc) is 3.92. The molecule has 3 aliphatic carbocycles. The summed E-state index contributed by atoms with van der Waals surface area (Å²) in [5.41, 5.74) is 17.8. The van der Waals surface area contributed by atoms with E-state index in [9.17, 15) is 0 Å². The molecule has 8 aromatic rings. The van der Waals surface area contributed by atoms with Crippen LogP contribution in [0, 0.1) is 11.8 Å². The Hall–Kier alpha value is -7.30. The van der Waals surface area contributed by atoms with Crippen LogP contribution >= 0.6 is 0 Å². The summed E-state index contributed by atoms with van der Waals surface area (Å²) < 4.78 is 2.60. The van der Waals surface area contributed by atoms with Gasteiger partial charge in [-0.25, -0.2) is 9.98 Å². The molecule has 0 saturated carbocycles. The van der Waals surface area contributed by atoms with E-state index in [2.05, 4.69) is 224 Å². The van der Waals surface area contributed by atoms with Crippen LogP contribution in [0.5, 0.6) is 0 Å². The fourth-order valence-corrected chi connectivity index (χ4v) is 10.9. The van der Waals surface area contributed by atoms with Crippen molar-refractivity contribution in [1.29, 1.82) is 0 Å². The lowest BCUT2D eigenvalue weighted by atomic mass is 9.70. The molecule has 2 heterocycles. The first-order chi connectivity index (χ1) is 30.1. The van der Waals surface area contributed by atoms with Crippen molar-refractivity contribution in [1.82, 2.24) is 4.57 Å². The standard InChI is InChI=1S/C57H44N4/c1-37-20-12-13-27-43(37)53-38(2)56(59-55(58-53)39-21-6-3-7-22-39)61-51-35-34-42(60(40-23-8-4-9-24-40)41-25-10-5-11-26-41)36-47(51)52-54(61)46-30-16-19-33-50(46)57(52)48-31-17-14-28-44(48)45-29-15-18-32-49(45)57/h3-19,21-38,56H,20H2,1-2H3/t37-,38?,56?/m0/s1. The molecule has 61 heavy (non-hydrogen) atoms. The second-order valence-electron chi connectivity index (χ2n) is 16.9. The van der Waals surface area contributed by atoms with Crippen LogP contribution in [-0.2, 0) is 5.41 Å². The molecule has 0 N–H and O–H groups in total. The van der Waals surface area contributed by atoms with Crippen molar-refractivity contribution in [3.8, 4) is 22.4 Å². The van der Waals surface area contributed by atoms with E-state index in [4.69, 9.17) is 9.98 Å². The van der Waals surface area contributed by atoms with Crippen LogP contribution in [0.3, 0.4) is 0 Å². The van der Waals surface area contributed by atoms with Crippen LogP contribution in [-0.4, -0.2) is 16.1 Å². The molecule has 1 aliphatic heterocycles. The Kier molecular flexibility index (Phi) is 8.11. The zero-order chi connectivity index (χ0) is 40.7. The third kappa shape index (κ3) is 5.18. The quantitative estimate of drug-likeness (QED) is 0.165. The fourth-order valence-electron chi connectivity index (χ4n) is 10.9. The van der Waals surface area contributed by atoms with Gasteiger partial charge in [0.1, 0.15) is 6.17 Å². The number of fused-ring (bicyclic) bond motifs is 12. The van der Waals surface area contributed by atoms with Crippen molar-refractivity contribution in [2.75, 3.05) is 4.90 Å². The Morgan fingerprint density at radius 1 is 0.590 bits per heavy atom. The molecule has 0 bridgehead atoms. The minimum Gasteiger partial charge on any atom is -0.317 e. The van der Waals surface area contributed by atoms with Crippen LogP contribution in [0.4, 0.5) is 17.1 Å². The third-order valence-corrected chi connectivity index (χ3v) is 13.6. The lowest BCUT2D eigenvalue weighted by molar-refractivity contribution is 0.453. The van der Waals surface area contributed by atoms with Gasteiger partial charge in [-0.05, 0) is 88.2 Å². The number of para-hydroxylation sites is 2. The molecule has 12 rings (SSSR count). The van der Waals surface area contributed by atoms with Gasteiger partial charge in [0.15, 0.2) is 5.84 Å². The zero-order valence-electron chi connectivity index (χ0n) is 34.3. The molecule has 0 fully saturated rings. The summed E-state index contributed by atoms with van der Waals surface area (Å²) in [7, 11) is 0. The van der Waals surface area contributed by atoms with Crippen molar-refractivity contribution in [3.05, 3.63) is 234 Å². The Morgan fingerprint density at radius 2 is 1.15 bits per heavy atom. The maximum Gasteiger partial charge on any atom is 0.156 e. The predicted octanol–water partition coefficient (Wildman–Crippen LogP) is 14.0. The summed E-state index contributed by atoms with van der Waals surface area (Å²) in [6.45, 7) is 4.68. The SMILES string of the molecule is CC1C(C2=CC=CC[C@@H]2C)=NC(c2ccccc2)=NC1n1c2c(c3cc(N(c4ccccc4)c4ccccc4)ccc31)C1(c3ccccc3-c3ccccc31)c1ccccc1-2. The van der Waals surface area contributed by atoms with E-state index in [1.807, 2.05) is 0 Å². The summed E-state index contributed by atoms with van der Waals surface area (Å²) in [6.07, 6.45) is 7.50. The van der Waals surface area contributed by atoms with Crippen molar-refractivity contribution in [2.24, 2.45) is 21.8 Å². The topological polar surface area (TPSA) is 32.9 Å². The number of benzene rings is 7. The summed E-state index contributed by atoms with van der Waals surface area (Å²) in [6, 6.07) is 66.6. The van der Waals surface area contributed by atoms with Gasteiger partial charge < -0.3 is 9.47 Å². The zero-order valence-corrected chi connectivity index (χ0v) is 34.3. The second-order valence-corrected chi connectivity index (χ2v) is 16.9. The van der Waals surface area contributed by atoms with Gasteiger partial charge in [0.25, 0.3) is 0 Å². The summed E-state index contributed by atoms with van der Waals surface area (Å²) in [5.74, 6) is 1.13. The smallest absolute Gasteiger partial charge is 0.156 e. The molecule has 4 nitrogen and oxygen atoms in total. The van der Waals surface area contributed by atoms with Gasteiger partial charge in [-0.15, -0.1) is 0 Å². The molecule has 3 atom stereocenters. The van der Waals surface area contributed by atoms with Gasteiger partial charge in [-0.2, -0.15) is 0 Å². The molecule has 7 aromatic carbocycles. The summed E-state index contributed by atoms with van der Waals surface area (Å²) in [5, 5.41) is 1.23. The Morgan fingerprint density at radius 3 is 1.77 bits per heavy atom. The van der Waals surface area contributed by atoms with Crippen LogP contribution < -0.4 is 4.90 Å². The lowest BCUT2D eigenvalue weighted by Gasteiger charge is -2.33. The number of hydrogen-bond acceptors (Lipinski definition) is 3. The van der Waals surface area contributed by atoms with Gasteiger partial charge >= 0.3 is 0 Å². The number of nitrogens with zero attached hydrogens (tertiary/aromatic N) is 4. The first-order valence-electron chi connectivity index (χ1n) is 21.6. The number of aliphatic imine (C=N–C) groups is 2. The molecular weight excluding hydrogens is 741 g/mol. The molecule has 1 spiro atoms. The van der Waals surface area contributed by atoms with E-state index < -0.39 is 5.41 Å². The van der Waals surface area contributed by atoms with Crippen LogP contribution in [0.2, 0.25) is 0 Å². The van der Waals surface area contributed by atoms with E-state index in [-0.39, 0.29) is 12.1 Å². The Bertz CT molecular complexity index is 3060. The first-order valence-corrected chi connectivity index (χ1v) is 21.6. The Labute approximate surface area is 357 Å². The monoisotopic (exact) mass is 784 g/mol. The number of anilines is 3. The van der Waals surface area contributed by atoms with Gasteiger partial charge in [-0.3, -0.25) is 0 Å². The van der Waals surface area contributed by atoms with Crippen LogP contribution in [0.25, 0.3) is 33.3 Å². The van der Waals surface area contributed by atoms with E-state index in [1.165, 1.54) is 61.1 Å². The molecule has 0 saturated heterocycles. The molecule has 292 valence electrons. The second kappa shape index (κ2) is 13.9. The number of amidine groups is 1. The molecule has 0 amide bonds. The third-order valence-electron chi connectivity index (χ3n) is 13.6. The highest BCUT2D eigenvalue weighted by Crippen LogP contribution is 2.65. The van der Waals surface area contributed by atoms with Gasteiger partial charge in [0, 0.05) is 45.1 Å². The fraction of sp³-hybridized carbons (Fsp3) is 0.123. The van der Waals surface area contributed by atoms with Crippen LogP contribution in [0.1, 0.15) is 54.3 Å². The minimum absolute atomic E-state index is 0.0102. The van der Waals surface area contributed by atoms with Gasteiger partial charge in [0.05, 0.1) is 22.3 Å². The van der Waals surface area contributed by atoms with Gasteiger partial charge in [0.2, 0.25) is 0 Å². The number of hydrogen-bond donors (Lipinski definition) is 0. The highest BCUT2D eigenvalue weighted by atomic mass is 15.2. The number of aromatic nitrogens is 1. The van der Waals surface area contributed by atoms with E-state index >= 15 is 0 Å². The minimum atomic E-state index is -0.544. The lowest BCUT2D eigenvalue weighted by Crippen LogP contribution is -2.32. The highest BCUT2D eigenvalue weighted by molar-refractivity contribution is 6.15.